The summed E-state index contributed by atoms with van der Waals surface area (Å²) in [7, 11) is 2.19. The quantitative estimate of drug-likeness (QED) is 0.719. The number of rotatable bonds is 7. The van der Waals surface area contributed by atoms with E-state index in [0.29, 0.717) is 6.04 Å². The number of thiophene rings is 1. The van der Waals surface area contributed by atoms with Crippen molar-refractivity contribution in [1.82, 2.24) is 10.2 Å². The number of nitrogens with zero attached hydrogens (tertiary/aromatic N) is 1. The second-order valence-electron chi connectivity index (χ2n) is 4.28. The molecule has 2 nitrogen and oxygen atoms in total. The van der Waals surface area contributed by atoms with Crippen LogP contribution in [0, 0.1) is 0 Å². The third-order valence-electron chi connectivity index (χ3n) is 2.28. The van der Waals surface area contributed by atoms with Gasteiger partial charge in [-0.2, -0.15) is 0 Å². The van der Waals surface area contributed by atoms with E-state index in [2.05, 4.69) is 48.6 Å². The summed E-state index contributed by atoms with van der Waals surface area (Å²) in [5.41, 5.74) is 0. The molecule has 15 heavy (non-hydrogen) atoms. The SMILES string of the molecule is CC(C)NCCCN(C)Cc1cccs1. The van der Waals surface area contributed by atoms with Gasteiger partial charge in [-0.1, -0.05) is 19.9 Å². The van der Waals surface area contributed by atoms with Gasteiger partial charge < -0.3 is 10.2 Å². The largest absolute Gasteiger partial charge is 0.314 e. The molecule has 0 amide bonds. The van der Waals surface area contributed by atoms with E-state index in [1.54, 1.807) is 0 Å². The maximum atomic E-state index is 3.44. The standard InChI is InChI=1S/C12H22N2S/c1-11(2)13-7-5-8-14(3)10-12-6-4-9-15-12/h4,6,9,11,13H,5,7-8,10H2,1-3H3. The number of hydrogen-bond acceptors (Lipinski definition) is 3. The third kappa shape index (κ3) is 5.92. The van der Waals surface area contributed by atoms with Crippen LogP contribution in [-0.2, 0) is 6.54 Å². The van der Waals surface area contributed by atoms with Crippen LogP contribution in [0.2, 0.25) is 0 Å². The molecule has 0 saturated carbocycles. The lowest BCUT2D eigenvalue weighted by molar-refractivity contribution is 0.320. The number of nitrogens with one attached hydrogen (secondary N) is 1. The predicted molar refractivity (Wildman–Crippen MR) is 68.4 cm³/mol. The molecule has 0 aromatic carbocycles. The molecule has 0 fully saturated rings. The Morgan fingerprint density at radius 2 is 2.27 bits per heavy atom. The molecule has 0 unspecified atom stereocenters. The highest BCUT2D eigenvalue weighted by Crippen LogP contribution is 2.10. The van der Waals surface area contributed by atoms with E-state index >= 15 is 0 Å². The van der Waals surface area contributed by atoms with Crippen molar-refractivity contribution in [3.8, 4) is 0 Å². The minimum absolute atomic E-state index is 0.604. The van der Waals surface area contributed by atoms with Gasteiger partial charge in [-0.3, -0.25) is 0 Å². The van der Waals surface area contributed by atoms with Crippen molar-refractivity contribution in [2.45, 2.75) is 32.9 Å². The van der Waals surface area contributed by atoms with Gasteiger partial charge in [-0.05, 0) is 38.0 Å². The third-order valence-corrected chi connectivity index (χ3v) is 3.14. The van der Waals surface area contributed by atoms with E-state index in [1.807, 2.05) is 11.3 Å². The van der Waals surface area contributed by atoms with Crippen LogP contribution in [0.5, 0.6) is 0 Å². The van der Waals surface area contributed by atoms with Gasteiger partial charge in [0.25, 0.3) is 0 Å². The van der Waals surface area contributed by atoms with E-state index in [9.17, 15) is 0 Å². The second kappa shape index (κ2) is 6.99. The second-order valence-corrected chi connectivity index (χ2v) is 5.31. The van der Waals surface area contributed by atoms with E-state index < -0.39 is 0 Å². The maximum absolute atomic E-state index is 3.44. The van der Waals surface area contributed by atoms with Gasteiger partial charge >= 0.3 is 0 Å². The monoisotopic (exact) mass is 226 g/mol. The molecule has 0 radical (unpaired) electrons. The first-order valence-electron chi connectivity index (χ1n) is 5.63. The number of hydrogen-bond donors (Lipinski definition) is 1. The van der Waals surface area contributed by atoms with Gasteiger partial charge in [-0.25, -0.2) is 0 Å². The van der Waals surface area contributed by atoms with Crippen LogP contribution in [0.3, 0.4) is 0 Å². The van der Waals surface area contributed by atoms with E-state index in [1.165, 1.54) is 11.3 Å². The fourth-order valence-electron chi connectivity index (χ4n) is 1.49. The van der Waals surface area contributed by atoms with Crippen LogP contribution in [0.1, 0.15) is 25.1 Å². The Hall–Kier alpha value is -0.380. The van der Waals surface area contributed by atoms with E-state index in [0.717, 1.165) is 19.6 Å². The highest BCUT2D eigenvalue weighted by Gasteiger charge is 2.00. The first kappa shape index (κ1) is 12.7. The summed E-state index contributed by atoms with van der Waals surface area (Å²) in [6, 6.07) is 4.93. The summed E-state index contributed by atoms with van der Waals surface area (Å²) in [6.45, 7) is 7.74. The van der Waals surface area contributed by atoms with Crippen molar-refractivity contribution in [2.75, 3.05) is 20.1 Å². The minimum atomic E-state index is 0.604. The minimum Gasteiger partial charge on any atom is -0.314 e. The lowest BCUT2D eigenvalue weighted by atomic mass is 10.3. The molecule has 0 aliphatic carbocycles. The summed E-state index contributed by atoms with van der Waals surface area (Å²) < 4.78 is 0. The van der Waals surface area contributed by atoms with Crippen molar-refractivity contribution in [2.24, 2.45) is 0 Å². The van der Waals surface area contributed by atoms with Gasteiger partial charge in [0.2, 0.25) is 0 Å². The van der Waals surface area contributed by atoms with Crippen LogP contribution in [0.25, 0.3) is 0 Å². The molecule has 0 aliphatic heterocycles. The van der Waals surface area contributed by atoms with Crippen LogP contribution in [0.15, 0.2) is 17.5 Å². The predicted octanol–water partition coefficient (Wildman–Crippen LogP) is 2.57. The summed E-state index contributed by atoms with van der Waals surface area (Å²) >= 11 is 1.84. The first-order chi connectivity index (χ1) is 7.18. The topological polar surface area (TPSA) is 15.3 Å². The Labute approximate surface area is 97.3 Å². The normalized spacial score (nSPS) is 11.5. The Morgan fingerprint density at radius 1 is 1.47 bits per heavy atom. The van der Waals surface area contributed by atoms with Gasteiger partial charge in [0.15, 0.2) is 0 Å². The molecule has 0 atom stereocenters. The maximum Gasteiger partial charge on any atom is 0.0324 e. The average Bonchev–Trinajstić information content (AvgIpc) is 2.64. The Bertz CT molecular complexity index is 244. The molecule has 0 aliphatic rings. The molecule has 1 aromatic heterocycles. The van der Waals surface area contributed by atoms with Crippen LogP contribution < -0.4 is 5.32 Å². The van der Waals surface area contributed by atoms with Gasteiger partial charge in [-0.15, -0.1) is 11.3 Å². The zero-order valence-corrected chi connectivity index (χ0v) is 10.8. The van der Waals surface area contributed by atoms with E-state index in [4.69, 9.17) is 0 Å². The molecule has 0 bridgehead atoms. The Morgan fingerprint density at radius 3 is 2.87 bits per heavy atom. The summed E-state index contributed by atoms with van der Waals surface area (Å²) in [5, 5.41) is 5.58. The van der Waals surface area contributed by atoms with E-state index in [-0.39, 0.29) is 0 Å². The molecule has 3 heteroatoms. The van der Waals surface area contributed by atoms with Crippen molar-refractivity contribution in [3.05, 3.63) is 22.4 Å². The lowest BCUT2D eigenvalue weighted by Crippen LogP contribution is -2.27. The van der Waals surface area contributed by atoms with Crippen LogP contribution >= 0.6 is 11.3 Å². The van der Waals surface area contributed by atoms with Crippen molar-refractivity contribution >= 4 is 11.3 Å². The van der Waals surface area contributed by atoms with Crippen molar-refractivity contribution in [1.29, 1.82) is 0 Å². The highest BCUT2D eigenvalue weighted by atomic mass is 32.1. The Balaban J connectivity index is 2.06. The molecular weight excluding hydrogens is 204 g/mol. The molecule has 0 spiro atoms. The highest BCUT2D eigenvalue weighted by molar-refractivity contribution is 7.09. The zero-order valence-electron chi connectivity index (χ0n) is 9.99. The summed E-state index contributed by atoms with van der Waals surface area (Å²) in [6.07, 6.45) is 1.22. The van der Waals surface area contributed by atoms with Gasteiger partial charge in [0.1, 0.15) is 0 Å². The zero-order chi connectivity index (χ0) is 11.1. The molecule has 1 aromatic rings. The molecule has 86 valence electrons. The molecule has 0 saturated heterocycles. The van der Waals surface area contributed by atoms with Crippen molar-refractivity contribution < 1.29 is 0 Å². The van der Waals surface area contributed by atoms with Crippen molar-refractivity contribution in [3.63, 3.8) is 0 Å². The fraction of sp³-hybridized carbons (Fsp3) is 0.667. The molecule has 1 N–H and O–H groups in total. The lowest BCUT2D eigenvalue weighted by Gasteiger charge is -2.16. The van der Waals surface area contributed by atoms with Gasteiger partial charge in [0.05, 0.1) is 0 Å². The Kier molecular flexibility index (Phi) is 5.91. The smallest absolute Gasteiger partial charge is 0.0324 e. The first-order valence-corrected chi connectivity index (χ1v) is 6.50. The van der Waals surface area contributed by atoms with Gasteiger partial charge in [0, 0.05) is 17.5 Å². The molecule has 1 rings (SSSR count). The molecular formula is C12H22N2S. The van der Waals surface area contributed by atoms with Crippen LogP contribution in [0.4, 0.5) is 0 Å². The van der Waals surface area contributed by atoms with Crippen LogP contribution in [-0.4, -0.2) is 31.1 Å². The molecule has 1 heterocycles. The fourth-order valence-corrected chi connectivity index (χ4v) is 2.27. The average molecular weight is 226 g/mol. The summed E-state index contributed by atoms with van der Waals surface area (Å²) in [4.78, 5) is 3.84. The summed E-state index contributed by atoms with van der Waals surface area (Å²) in [5.74, 6) is 0.